The van der Waals surface area contributed by atoms with Crippen LogP contribution in [0.25, 0.3) is 11.1 Å². The summed E-state index contributed by atoms with van der Waals surface area (Å²) >= 11 is 0. The van der Waals surface area contributed by atoms with E-state index < -0.39 is 0 Å². The van der Waals surface area contributed by atoms with E-state index in [-0.39, 0.29) is 5.69 Å². The molecule has 1 heterocycles. The second-order valence-electron chi connectivity index (χ2n) is 3.60. The minimum atomic E-state index is -0.231. The summed E-state index contributed by atoms with van der Waals surface area (Å²) in [5.74, 6) is 0. The number of benzene rings is 1. The van der Waals surface area contributed by atoms with Gasteiger partial charge in [-0.25, -0.2) is 9.78 Å². The quantitative estimate of drug-likeness (QED) is 0.703. The highest BCUT2D eigenvalue weighted by molar-refractivity contribution is 5.61. The fourth-order valence-electron chi connectivity index (χ4n) is 1.41. The van der Waals surface area contributed by atoms with Crippen LogP contribution in [0.15, 0.2) is 41.5 Å². The van der Waals surface area contributed by atoms with Gasteiger partial charge in [0.25, 0.3) is 0 Å². The Labute approximate surface area is 88.0 Å². The number of hydrogen-bond donors (Lipinski definition) is 0. The molecule has 0 spiro atoms. The smallest absolute Gasteiger partial charge is 0.302 e. The molecule has 2 rings (SSSR count). The highest BCUT2D eigenvalue weighted by Gasteiger charge is 1.99. The van der Waals surface area contributed by atoms with E-state index in [1.54, 1.807) is 19.4 Å². The van der Waals surface area contributed by atoms with Crippen LogP contribution >= 0.6 is 0 Å². The van der Waals surface area contributed by atoms with E-state index in [9.17, 15) is 4.79 Å². The predicted octanol–water partition coefficient (Wildman–Crippen LogP) is 1.76. The molecule has 0 unspecified atom stereocenters. The van der Waals surface area contributed by atoms with Crippen LogP contribution in [0.3, 0.4) is 0 Å². The molecule has 1 aromatic heterocycles. The standard InChI is InChI=1S/C12H12N2O/c1-9-3-5-10(6-4-9)11-7-13-12(15)14(2)8-11/h3-8H,1-2H3. The topological polar surface area (TPSA) is 34.9 Å². The van der Waals surface area contributed by atoms with Crippen molar-refractivity contribution in [2.24, 2.45) is 7.05 Å². The Hall–Kier alpha value is -1.90. The fourth-order valence-corrected chi connectivity index (χ4v) is 1.41. The van der Waals surface area contributed by atoms with Gasteiger partial charge in [0, 0.05) is 25.0 Å². The van der Waals surface area contributed by atoms with Gasteiger partial charge in [-0.05, 0) is 12.5 Å². The molecule has 0 aliphatic rings. The lowest BCUT2D eigenvalue weighted by molar-refractivity contribution is 0.812. The van der Waals surface area contributed by atoms with Crippen molar-refractivity contribution in [3.63, 3.8) is 0 Å². The molecule has 1 aromatic carbocycles. The van der Waals surface area contributed by atoms with Gasteiger partial charge in [-0.15, -0.1) is 0 Å². The molecule has 0 atom stereocenters. The third-order valence-electron chi connectivity index (χ3n) is 2.33. The van der Waals surface area contributed by atoms with Gasteiger partial charge in [-0.2, -0.15) is 0 Å². The summed E-state index contributed by atoms with van der Waals surface area (Å²) < 4.78 is 1.48. The monoisotopic (exact) mass is 200 g/mol. The maximum atomic E-state index is 11.1. The van der Waals surface area contributed by atoms with E-state index in [1.807, 2.05) is 31.2 Å². The third-order valence-corrected chi connectivity index (χ3v) is 2.33. The van der Waals surface area contributed by atoms with Crippen molar-refractivity contribution in [2.75, 3.05) is 0 Å². The first-order chi connectivity index (χ1) is 7.16. The van der Waals surface area contributed by atoms with Gasteiger partial charge in [0.1, 0.15) is 0 Å². The molecule has 2 aromatic rings. The third kappa shape index (κ3) is 1.96. The molecule has 0 saturated heterocycles. The molecule has 0 fully saturated rings. The SMILES string of the molecule is Cc1ccc(-c2cnc(=O)n(C)c2)cc1. The Bertz CT molecular complexity index is 526. The maximum absolute atomic E-state index is 11.1. The van der Waals surface area contributed by atoms with Crippen molar-refractivity contribution in [1.82, 2.24) is 9.55 Å². The normalized spacial score (nSPS) is 10.3. The molecule has 15 heavy (non-hydrogen) atoms. The molecule has 0 saturated carbocycles. The van der Waals surface area contributed by atoms with Crippen LogP contribution in [0.2, 0.25) is 0 Å². The maximum Gasteiger partial charge on any atom is 0.347 e. The predicted molar refractivity (Wildman–Crippen MR) is 59.7 cm³/mol. The van der Waals surface area contributed by atoms with E-state index >= 15 is 0 Å². The molecule has 3 nitrogen and oxygen atoms in total. The van der Waals surface area contributed by atoms with Gasteiger partial charge in [0.15, 0.2) is 0 Å². The zero-order chi connectivity index (χ0) is 10.8. The molecule has 0 aliphatic heterocycles. The molecule has 0 N–H and O–H groups in total. The second kappa shape index (κ2) is 3.69. The van der Waals surface area contributed by atoms with Crippen LogP contribution in [-0.2, 0) is 7.05 Å². The number of aromatic nitrogens is 2. The highest BCUT2D eigenvalue weighted by atomic mass is 16.1. The Morgan fingerprint density at radius 3 is 2.40 bits per heavy atom. The number of nitrogens with zero attached hydrogens (tertiary/aromatic N) is 2. The summed E-state index contributed by atoms with van der Waals surface area (Å²) in [6, 6.07) is 8.13. The van der Waals surface area contributed by atoms with Gasteiger partial charge in [-0.1, -0.05) is 29.8 Å². The molecule has 76 valence electrons. The number of rotatable bonds is 1. The van der Waals surface area contributed by atoms with Crippen molar-refractivity contribution >= 4 is 0 Å². The van der Waals surface area contributed by atoms with Crippen molar-refractivity contribution in [2.45, 2.75) is 6.92 Å². The van der Waals surface area contributed by atoms with Crippen molar-refractivity contribution in [3.05, 3.63) is 52.7 Å². The molecule has 0 aliphatic carbocycles. The Balaban J connectivity index is 2.50. The van der Waals surface area contributed by atoms with E-state index in [2.05, 4.69) is 4.98 Å². The lowest BCUT2D eigenvalue weighted by Gasteiger charge is -2.03. The van der Waals surface area contributed by atoms with Crippen LogP contribution < -0.4 is 5.69 Å². The van der Waals surface area contributed by atoms with Crippen LogP contribution in [-0.4, -0.2) is 9.55 Å². The van der Waals surface area contributed by atoms with Crippen molar-refractivity contribution in [1.29, 1.82) is 0 Å². The van der Waals surface area contributed by atoms with Gasteiger partial charge in [0.05, 0.1) is 0 Å². The second-order valence-corrected chi connectivity index (χ2v) is 3.60. The van der Waals surface area contributed by atoms with Gasteiger partial charge in [-0.3, -0.25) is 0 Å². The van der Waals surface area contributed by atoms with E-state index in [0.29, 0.717) is 0 Å². The zero-order valence-electron chi connectivity index (χ0n) is 8.77. The molecule has 0 amide bonds. The lowest BCUT2D eigenvalue weighted by atomic mass is 10.1. The fraction of sp³-hybridized carbons (Fsp3) is 0.167. The summed E-state index contributed by atoms with van der Waals surface area (Å²) in [4.78, 5) is 14.9. The molecule has 0 radical (unpaired) electrons. The van der Waals surface area contributed by atoms with Gasteiger partial charge >= 0.3 is 5.69 Å². The highest BCUT2D eigenvalue weighted by Crippen LogP contribution is 2.16. The summed E-state index contributed by atoms with van der Waals surface area (Å²) in [5, 5.41) is 0. The van der Waals surface area contributed by atoms with Crippen LogP contribution in [0, 0.1) is 6.92 Å². The summed E-state index contributed by atoms with van der Waals surface area (Å²) in [6.07, 6.45) is 3.40. The first-order valence-electron chi connectivity index (χ1n) is 4.76. The van der Waals surface area contributed by atoms with Gasteiger partial charge in [0.2, 0.25) is 0 Å². The summed E-state index contributed by atoms with van der Waals surface area (Å²) in [6.45, 7) is 2.04. The largest absolute Gasteiger partial charge is 0.347 e. The van der Waals surface area contributed by atoms with E-state index in [4.69, 9.17) is 0 Å². The van der Waals surface area contributed by atoms with Crippen LogP contribution in [0.1, 0.15) is 5.56 Å². The Morgan fingerprint density at radius 2 is 1.80 bits per heavy atom. The molecular weight excluding hydrogens is 188 g/mol. The van der Waals surface area contributed by atoms with Crippen LogP contribution in [0.5, 0.6) is 0 Å². The van der Waals surface area contributed by atoms with Crippen molar-refractivity contribution in [3.8, 4) is 11.1 Å². The number of hydrogen-bond acceptors (Lipinski definition) is 2. The summed E-state index contributed by atoms with van der Waals surface area (Å²) in [5.41, 5.74) is 3.02. The first kappa shape index (κ1) is 9.65. The Morgan fingerprint density at radius 1 is 1.13 bits per heavy atom. The lowest BCUT2D eigenvalue weighted by Crippen LogP contribution is -2.18. The summed E-state index contributed by atoms with van der Waals surface area (Å²) in [7, 11) is 1.70. The van der Waals surface area contributed by atoms with E-state index in [1.165, 1.54) is 10.1 Å². The van der Waals surface area contributed by atoms with Crippen LogP contribution in [0.4, 0.5) is 0 Å². The zero-order valence-corrected chi connectivity index (χ0v) is 8.77. The molecule has 3 heteroatoms. The van der Waals surface area contributed by atoms with E-state index in [0.717, 1.165) is 11.1 Å². The minimum absolute atomic E-state index is 0.231. The van der Waals surface area contributed by atoms with Crippen molar-refractivity contribution < 1.29 is 0 Å². The number of aryl methyl sites for hydroxylation is 2. The average molecular weight is 200 g/mol. The minimum Gasteiger partial charge on any atom is -0.302 e. The average Bonchev–Trinajstić information content (AvgIpc) is 2.23. The Kier molecular flexibility index (Phi) is 2.37. The van der Waals surface area contributed by atoms with Gasteiger partial charge < -0.3 is 4.57 Å². The molecular formula is C12H12N2O. The molecule has 0 bridgehead atoms. The first-order valence-corrected chi connectivity index (χ1v) is 4.76.